The Balaban J connectivity index is 2.64. The number of nitro groups is 1. The first kappa shape index (κ1) is 12.6. The molecule has 1 aromatic rings. The molecule has 1 rings (SSSR count). The molecule has 0 fully saturated rings. The van der Waals surface area contributed by atoms with Crippen molar-refractivity contribution < 1.29 is 14.5 Å². The Morgan fingerprint density at radius 1 is 1.29 bits per heavy atom. The van der Waals surface area contributed by atoms with Crippen LogP contribution >= 0.6 is 0 Å². The predicted octanol–water partition coefficient (Wildman–Crippen LogP) is -0.685. The zero-order valence-electron chi connectivity index (χ0n) is 8.67. The zero-order valence-corrected chi connectivity index (χ0v) is 8.67. The van der Waals surface area contributed by atoms with Crippen molar-refractivity contribution in [2.45, 2.75) is 0 Å². The van der Waals surface area contributed by atoms with Gasteiger partial charge < -0.3 is 5.32 Å². The van der Waals surface area contributed by atoms with Gasteiger partial charge in [-0.3, -0.25) is 25.1 Å². The van der Waals surface area contributed by atoms with Gasteiger partial charge in [0.25, 0.3) is 17.5 Å². The maximum atomic E-state index is 11.4. The Labute approximate surface area is 95.9 Å². The molecule has 0 unspecified atom stereocenters. The van der Waals surface area contributed by atoms with Crippen LogP contribution in [0.4, 0.5) is 5.69 Å². The molecule has 0 saturated carbocycles. The van der Waals surface area contributed by atoms with E-state index in [9.17, 15) is 19.7 Å². The van der Waals surface area contributed by atoms with Crippen molar-refractivity contribution in [1.82, 2.24) is 10.7 Å². The lowest BCUT2D eigenvalue weighted by Gasteiger charge is -2.03. The Bertz CT molecular complexity index is 443. The fraction of sp³-hybridized carbons (Fsp3) is 0.111. The van der Waals surface area contributed by atoms with E-state index in [0.29, 0.717) is 0 Å². The van der Waals surface area contributed by atoms with Crippen LogP contribution in [0.2, 0.25) is 0 Å². The molecule has 0 heterocycles. The van der Waals surface area contributed by atoms with Crippen molar-refractivity contribution in [2.75, 3.05) is 6.54 Å². The number of hydrogen-bond acceptors (Lipinski definition) is 5. The van der Waals surface area contributed by atoms with Gasteiger partial charge in [-0.2, -0.15) is 0 Å². The van der Waals surface area contributed by atoms with Gasteiger partial charge in [0, 0.05) is 17.7 Å². The van der Waals surface area contributed by atoms with Crippen LogP contribution in [-0.2, 0) is 4.79 Å². The van der Waals surface area contributed by atoms with E-state index in [0.717, 1.165) is 0 Å². The first-order valence-corrected chi connectivity index (χ1v) is 4.56. The molecule has 0 spiro atoms. The SMILES string of the molecule is NNC(=O)CNC(=O)c1ccc([N+](=O)[O-])cc1. The minimum absolute atomic E-state index is 0.110. The number of benzene rings is 1. The predicted molar refractivity (Wildman–Crippen MR) is 57.8 cm³/mol. The Hall–Kier alpha value is -2.48. The van der Waals surface area contributed by atoms with Crippen LogP contribution < -0.4 is 16.6 Å². The molecule has 0 radical (unpaired) electrons. The van der Waals surface area contributed by atoms with Gasteiger partial charge in [-0.25, -0.2) is 5.84 Å². The fourth-order valence-electron chi connectivity index (χ4n) is 1.05. The number of amides is 2. The Kier molecular flexibility index (Phi) is 4.12. The van der Waals surface area contributed by atoms with Crippen molar-refractivity contribution >= 4 is 17.5 Å². The molecule has 0 aliphatic rings. The minimum Gasteiger partial charge on any atom is -0.343 e. The van der Waals surface area contributed by atoms with Crippen molar-refractivity contribution in [3.63, 3.8) is 0 Å². The van der Waals surface area contributed by atoms with Crippen LogP contribution in [0.25, 0.3) is 0 Å². The van der Waals surface area contributed by atoms with Gasteiger partial charge in [0.05, 0.1) is 11.5 Å². The topological polar surface area (TPSA) is 127 Å². The number of hydrazine groups is 1. The van der Waals surface area contributed by atoms with Gasteiger partial charge in [-0.15, -0.1) is 0 Å². The van der Waals surface area contributed by atoms with Gasteiger partial charge >= 0.3 is 0 Å². The molecule has 0 aliphatic carbocycles. The van der Waals surface area contributed by atoms with Crippen molar-refractivity contribution in [3.8, 4) is 0 Å². The summed E-state index contributed by atoms with van der Waals surface area (Å²) < 4.78 is 0. The maximum Gasteiger partial charge on any atom is 0.269 e. The molecule has 0 atom stereocenters. The van der Waals surface area contributed by atoms with Gasteiger partial charge in [0.2, 0.25) is 0 Å². The molecule has 90 valence electrons. The largest absolute Gasteiger partial charge is 0.343 e. The van der Waals surface area contributed by atoms with Crippen LogP contribution in [0.5, 0.6) is 0 Å². The summed E-state index contributed by atoms with van der Waals surface area (Å²) in [5, 5.41) is 12.7. The molecular formula is C9H10N4O4. The molecular weight excluding hydrogens is 228 g/mol. The highest BCUT2D eigenvalue weighted by Gasteiger charge is 2.09. The summed E-state index contributed by atoms with van der Waals surface area (Å²) in [6, 6.07) is 5.01. The molecule has 0 bridgehead atoms. The molecule has 8 heteroatoms. The van der Waals surface area contributed by atoms with E-state index < -0.39 is 16.7 Å². The Morgan fingerprint density at radius 2 is 1.88 bits per heavy atom. The van der Waals surface area contributed by atoms with Crippen LogP contribution in [0, 0.1) is 10.1 Å². The van der Waals surface area contributed by atoms with Crippen LogP contribution in [0.15, 0.2) is 24.3 Å². The smallest absolute Gasteiger partial charge is 0.269 e. The van der Waals surface area contributed by atoms with Crippen molar-refractivity contribution in [1.29, 1.82) is 0 Å². The van der Waals surface area contributed by atoms with E-state index in [2.05, 4.69) is 5.32 Å². The number of nitrogens with zero attached hydrogens (tertiary/aromatic N) is 1. The lowest BCUT2D eigenvalue weighted by molar-refractivity contribution is -0.384. The molecule has 0 aliphatic heterocycles. The first-order chi connectivity index (χ1) is 8.04. The van der Waals surface area contributed by atoms with Gasteiger partial charge in [0.1, 0.15) is 0 Å². The van der Waals surface area contributed by atoms with Gasteiger partial charge in [-0.1, -0.05) is 0 Å². The Morgan fingerprint density at radius 3 is 2.35 bits per heavy atom. The highest BCUT2D eigenvalue weighted by molar-refractivity contribution is 5.96. The number of nitro benzene ring substituents is 1. The van der Waals surface area contributed by atoms with Crippen molar-refractivity contribution in [2.24, 2.45) is 5.84 Å². The average Bonchev–Trinajstić information content (AvgIpc) is 2.35. The summed E-state index contributed by atoms with van der Waals surface area (Å²) in [5.41, 5.74) is 1.97. The molecule has 17 heavy (non-hydrogen) atoms. The quantitative estimate of drug-likeness (QED) is 0.277. The highest BCUT2D eigenvalue weighted by Crippen LogP contribution is 2.11. The standard InChI is InChI=1S/C9H10N4O4/c10-12-8(14)5-11-9(15)6-1-3-7(4-2-6)13(16)17/h1-4H,5,10H2,(H,11,15)(H,12,14). The van der Waals surface area contributed by atoms with Gasteiger partial charge in [-0.05, 0) is 12.1 Å². The number of nitrogens with one attached hydrogen (secondary N) is 2. The number of nitrogens with two attached hydrogens (primary N) is 1. The molecule has 8 nitrogen and oxygen atoms in total. The van der Waals surface area contributed by atoms with Gasteiger partial charge in [0.15, 0.2) is 0 Å². The number of carbonyl (C=O) groups excluding carboxylic acids is 2. The second kappa shape index (κ2) is 5.56. The minimum atomic E-state index is -0.566. The number of hydrogen-bond donors (Lipinski definition) is 3. The van der Waals surface area contributed by atoms with E-state index in [1.807, 2.05) is 5.43 Å². The van der Waals surface area contributed by atoms with Crippen LogP contribution in [0.3, 0.4) is 0 Å². The van der Waals surface area contributed by atoms with E-state index in [-0.39, 0.29) is 17.8 Å². The summed E-state index contributed by atoms with van der Waals surface area (Å²) in [6.07, 6.45) is 0. The van der Waals surface area contributed by atoms with Crippen molar-refractivity contribution in [3.05, 3.63) is 39.9 Å². The molecule has 2 amide bonds. The summed E-state index contributed by atoms with van der Waals surface area (Å²) >= 11 is 0. The molecule has 0 saturated heterocycles. The third kappa shape index (κ3) is 3.54. The van der Waals surface area contributed by atoms with E-state index in [1.54, 1.807) is 0 Å². The van der Waals surface area contributed by atoms with E-state index in [1.165, 1.54) is 24.3 Å². The monoisotopic (exact) mass is 238 g/mol. The second-order valence-corrected chi connectivity index (χ2v) is 3.05. The number of non-ortho nitro benzene ring substituents is 1. The van der Waals surface area contributed by atoms with E-state index in [4.69, 9.17) is 5.84 Å². The number of rotatable bonds is 4. The average molecular weight is 238 g/mol. The summed E-state index contributed by atoms with van der Waals surface area (Å²) in [5.74, 6) is 3.77. The highest BCUT2D eigenvalue weighted by atomic mass is 16.6. The second-order valence-electron chi connectivity index (χ2n) is 3.05. The summed E-state index contributed by atoms with van der Waals surface area (Å²) in [7, 11) is 0. The fourth-order valence-corrected chi connectivity index (χ4v) is 1.05. The molecule has 1 aromatic carbocycles. The van der Waals surface area contributed by atoms with E-state index >= 15 is 0 Å². The summed E-state index contributed by atoms with van der Waals surface area (Å²) in [6.45, 7) is -0.258. The third-order valence-corrected chi connectivity index (χ3v) is 1.91. The normalized spacial score (nSPS) is 9.47. The molecule has 4 N–H and O–H groups in total. The lowest BCUT2D eigenvalue weighted by Crippen LogP contribution is -2.40. The number of carbonyl (C=O) groups is 2. The first-order valence-electron chi connectivity index (χ1n) is 4.56. The third-order valence-electron chi connectivity index (χ3n) is 1.91. The molecule has 0 aromatic heterocycles. The summed E-state index contributed by atoms with van der Waals surface area (Å²) in [4.78, 5) is 32.0. The lowest BCUT2D eigenvalue weighted by atomic mass is 10.2. The van der Waals surface area contributed by atoms with Crippen LogP contribution in [0.1, 0.15) is 10.4 Å². The van der Waals surface area contributed by atoms with Crippen LogP contribution in [-0.4, -0.2) is 23.3 Å². The maximum absolute atomic E-state index is 11.4. The zero-order chi connectivity index (χ0) is 12.8.